The highest BCUT2D eigenvalue weighted by Gasteiger charge is 2.46. The second-order valence-corrected chi connectivity index (χ2v) is 15.1. The van der Waals surface area contributed by atoms with Crippen LogP contribution in [0, 0.1) is 5.82 Å². The zero-order valence-electron chi connectivity index (χ0n) is 34.3. The fourth-order valence-electron chi connectivity index (χ4n) is 7.60. The number of aliphatic imine (C=N–C) groups is 1. The van der Waals surface area contributed by atoms with E-state index >= 15 is 4.39 Å². The highest BCUT2D eigenvalue weighted by atomic mass is 35.5. The van der Waals surface area contributed by atoms with Crippen LogP contribution in [0.5, 0.6) is 17.2 Å². The summed E-state index contributed by atoms with van der Waals surface area (Å²) in [6.45, 7) is 0.0671. The number of halogens is 2. The van der Waals surface area contributed by atoms with Crippen LogP contribution in [0.1, 0.15) is 67.0 Å². The van der Waals surface area contributed by atoms with Gasteiger partial charge >= 0.3 is 0 Å². The van der Waals surface area contributed by atoms with E-state index < -0.39 is 53.9 Å². The third-order valence-electron chi connectivity index (χ3n) is 10.6. The summed E-state index contributed by atoms with van der Waals surface area (Å²) in [6.07, 6.45) is 1.99. The maximum absolute atomic E-state index is 15.3. The monoisotopic (exact) mass is 888 g/mol. The molecule has 19 heteroatoms. The Morgan fingerprint density at radius 2 is 1.66 bits per heavy atom. The number of carbonyl (C=O) groups is 6. The van der Waals surface area contributed by atoms with E-state index in [9.17, 15) is 28.8 Å². The molecule has 0 bridgehead atoms. The van der Waals surface area contributed by atoms with Crippen LogP contribution in [-0.2, 0) is 20.9 Å². The molecule has 0 saturated carbocycles. The van der Waals surface area contributed by atoms with Gasteiger partial charge in [-0.3, -0.25) is 44.0 Å². The summed E-state index contributed by atoms with van der Waals surface area (Å²) in [5, 5.41) is 11.2. The van der Waals surface area contributed by atoms with E-state index in [0.717, 1.165) is 4.90 Å². The van der Waals surface area contributed by atoms with Crippen LogP contribution in [0.4, 0.5) is 16.0 Å². The first kappa shape index (κ1) is 42.9. The van der Waals surface area contributed by atoms with Crippen molar-refractivity contribution < 1.29 is 47.4 Å². The molecule has 326 valence electrons. The zero-order chi connectivity index (χ0) is 45.1. The molecule has 1 fully saturated rings. The van der Waals surface area contributed by atoms with Gasteiger partial charge < -0.3 is 30.2 Å². The van der Waals surface area contributed by atoms with Crippen LogP contribution in [0.3, 0.4) is 0 Å². The summed E-state index contributed by atoms with van der Waals surface area (Å²) in [5.74, 6) is -3.26. The van der Waals surface area contributed by atoms with Gasteiger partial charge in [0.2, 0.25) is 17.8 Å². The molecule has 64 heavy (non-hydrogen) atoms. The van der Waals surface area contributed by atoms with Crippen LogP contribution in [-0.4, -0.2) is 96.0 Å². The summed E-state index contributed by atoms with van der Waals surface area (Å²) in [7, 11) is 2.90. The number of fused-ring (bicyclic) bond motifs is 4. The molecule has 17 nitrogen and oxygen atoms in total. The highest BCUT2D eigenvalue weighted by molar-refractivity contribution is 6.32. The number of amides is 6. The summed E-state index contributed by atoms with van der Waals surface area (Å²) in [5.41, 5.74) is 3.81. The fourth-order valence-corrected chi connectivity index (χ4v) is 7.77. The molecule has 4 N–H and O–H groups in total. The molecule has 8 rings (SSSR count). The lowest BCUT2D eigenvalue weighted by molar-refractivity contribution is -0.136. The third-order valence-corrected chi connectivity index (χ3v) is 10.9. The molecular weight excluding hydrogens is 851 g/mol. The number of ether oxygens (including phenoxy) is 3. The number of imide groups is 2. The summed E-state index contributed by atoms with van der Waals surface area (Å²) in [4.78, 5) is 91.1. The molecule has 0 spiro atoms. The number of nitrogens with one attached hydrogen (secondary N) is 4. The standard InChI is InChI=1S/C45H38ClFN8O9/c1-62-32-8-4-7-30(47)38(32)40-29-18-24(46)10-12-26(29)39-23(20-50-40)21-51-45(54-39)52-25-11-13-27(34(19-25)63-2)41(58)49-17-5-16-48-36(57)22-64-33-9-3-6-28-37(33)44(61)55(43(28)60)31-14-15-35(56)53-42(31)59/h3-4,6-13,18-19,21,31H,5,14-17,20,22H2,1-2H3,(H,48,57)(H,49,58)(H,51,52,54)(H,53,56,59). The van der Waals surface area contributed by atoms with Crippen LogP contribution >= 0.6 is 11.6 Å². The summed E-state index contributed by atoms with van der Waals surface area (Å²) >= 11 is 6.44. The molecule has 3 aliphatic rings. The molecule has 1 unspecified atom stereocenters. The Bertz CT molecular complexity index is 2800. The Kier molecular flexibility index (Phi) is 12.3. The third kappa shape index (κ3) is 8.54. The van der Waals surface area contributed by atoms with Gasteiger partial charge in [0.15, 0.2) is 6.61 Å². The van der Waals surface area contributed by atoms with Crippen LogP contribution in [0.25, 0.3) is 11.3 Å². The SMILES string of the molecule is COc1cc(Nc2ncc3c(n2)-c2ccc(Cl)cc2C(c2c(F)cccc2OC)=NC3)ccc1C(=O)NCCCNC(=O)COc1cccc2c1C(=O)N(C1CCC(=O)NC1=O)C2=O. The molecule has 1 saturated heterocycles. The average molecular weight is 889 g/mol. The summed E-state index contributed by atoms with van der Waals surface area (Å²) in [6, 6.07) is 17.9. The van der Waals surface area contributed by atoms with Gasteiger partial charge in [0.1, 0.15) is 29.1 Å². The first-order valence-electron chi connectivity index (χ1n) is 20.0. The number of carbonyl (C=O) groups excluding carboxylic acids is 6. The van der Waals surface area contributed by atoms with Crippen molar-refractivity contribution in [1.29, 1.82) is 0 Å². The van der Waals surface area contributed by atoms with Gasteiger partial charge in [0.25, 0.3) is 23.6 Å². The van der Waals surface area contributed by atoms with E-state index in [2.05, 4.69) is 26.3 Å². The number of benzene rings is 4. The van der Waals surface area contributed by atoms with Gasteiger partial charge in [-0.15, -0.1) is 0 Å². The molecular formula is C45H38ClFN8O9. The number of hydrogen-bond donors (Lipinski definition) is 4. The topological polar surface area (TPSA) is 220 Å². The maximum Gasteiger partial charge on any atom is 0.266 e. The van der Waals surface area contributed by atoms with Crippen LogP contribution in [0.15, 0.2) is 84.0 Å². The fraction of sp³-hybridized carbons (Fsp3) is 0.222. The second-order valence-electron chi connectivity index (χ2n) is 14.7. The van der Waals surface area contributed by atoms with E-state index in [0.29, 0.717) is 51.0 Å². The Hall–Kier alpha value is -7.73. The lowest BCUT2D eigenvalue weighted by Gasteiger charge is -2.27. The quantitative estimate of drug-likeness (QED) is 0.0876. The van der Waals surface area contributed by atoms with Crippen molar-refractivity contribution in [3.05, 3.63) is 123 Å². The Morgan fingerprint density at radius 3 is 2.45 bits per heavy atom. The van der Waals surface area contributed by atoms with E-state index in [-0.39, 0.29) is 72.2 Å². The average Bonchev–Trinajstić information content (AvgIpc) is 3.44. The van der Waals surface area contributed by atoms with Gasteiger partial charge in [0, 0.05) is 59.2 Å². The van der Waals surface area contributed by atoms with E-state index in [1.165, 1.54) is 38.5 Å². The molecule has 1 atom stereocenters. The molecule has 5 aromatic rings. The van der Waals surface area contributed by atoms with E-state index in [4.69, 9.17) is 35.8 Å². The molecule has 0 radical (unpaired) electrons. The van der Waals surface area contributed by atoms with E-state index in [1.807, 2.05) is 0 Å². The van der Waals surface area contributed by atoms with E-state index in [1.54, 1.807) is 54.7 Å². The minimum absolute atomic E-state index is 0.00132. The Labute approximate surface area is 369 Å². The van der Waals surface area contributed by atoms with Crippen molar-refractivity contribution in [2.24, 2.45) is 4.99 Å². The van der Waals surface area contributed by atoms with Crippen LogP contribution < -0.4 is 35.5 Å². The number of nitrogens with zero attached hydrogens (tertiary/aromatic N) is 4. The van der Waals surface area contributed by atoms with Gasteiger partial charge in [-0.25, -0.2) is 14.4 Å². The lowest BCUT2D eigenvalue weighted by atomic mass is 9.94. The van der Waals surface area contributed by atoms with Crippen molar-refractivity contribution in [3.8, 4) is 28.5 Å². The van der Waals surface area contributed by atoms with Crippen molar-refractivity contribution in [3.63, 3.8) is 0 Å². The predicted molar refractivity (Wildman–Crippen MR) is 230 cm³/mol. The molecule has 1 aromatic heterocycles. The van der Waals surface area contributed by atoms with Gasteiger partial charge in [-0.05, 0) is 61.4 Å². The first-order chi connectivity index (χ1) is 30.9. The number of anilines is 2. The molecule has 0 aliphatic carbocycles. The minimum atomic E-state index is -1.14. The zero-order valence-corrected chi connectivity index (χ0v) is 35.0. The summed E-state index contributed by atoms with van der Waals surface area (Å²) < 4.78 is 32.0. The Balaban J connectivity index is 0.850. The van der Waals surface area contributed by atoms with Crippen molar-refractivity contribution in [2.45, 2.75) is 31.8 Å². The highest BCUT2D eigenvalue weighted by Crippen LogP contribution is 2.37. The number of piperidine rings is 1. The number of aromatic nitrogens is 2. The molecule has 4 heterocycles. The smallest absolute Gasteiger partial charge is 0.266 e. The maximum atomic E-state index is 15.3. The number of methoxy groups -OCH3 is 2. The van der Waals surface area contributed by atoms with Gasteiger partial charge in [-0.2, -0.15) is 0 Å². The van der Waals surface area contributed by atoms with Crippen LogP contribution in [0.2, 0.25) is 5.02 Å². The lowest BCUT2D eigenvalue weighted by Crippen LogP contribution is -2.54. The first-order valence-corrected chi connectivity index (χ1v) is 20.3. The van der Waals surface area contributed by atoms with Crippen molar-refractivity contribution in [2.75, 3.05) is 39.2 Å². The molecule has 3 aliphatic heterocycles. The van der Waals surface area contributed by atoms with Gasteiger partial charge in [-0.1, -0.05) is 29.8 Å². The number of hydrogen-bond acceptors (Lipinski definition) is 13. The predicted octanol–water partition coefficient (Wildman–Crippen LogP) is 4.76. The Morgan fingerprint density at radius 1 is 0.875 bits per heavy atom. The normalized spacial score (nSPS) is 15.2. The van der Waals surface area contributed by atoms with Crippen molar-refractivity contribution >= 4 is 64.4 Å². The minimum Gasteiger partial charge on any atom is -0.496 e. The largest absolute Gasteiger partial charge is 0.496 e. The van der Waals surface area contributed by atoms with Gasteiger partial charge in [0.05, 0.1) is 54.4 Å². The molecule has 4 aromatic carbocycles. The van der Waals surface area contributed by atoms with Crippen molar-refractivity contribution in [1.82, 2.24) is 30.8 Å². The second kappa shape index (κ2) is 18.3. The molecule has 6 amide bonds. The number of rotatable bonds is 14.